The number of fused-ring (bicyclic) bond motifs is 4. The summed E-state index contributed by atoms with van der Waals surface area (Å²) in [6.45, 7) is 0. The van der Waals surface area contributed by atoms with Crippen LogP contribution in [-0.2, 0) is 6.42 Å². The monoisotopic (exact) mass is 345 g/mol. The fraction of sp³-hybridized carbons (Fsp3) is 0.579. The Bertz CT molecular complexity index is 752. The molecule has 0 spiro atoms. The number of ether oxygens (including phenoxy) is 1. The van der Waals surface area contributed by atoms with Gasteiger partial charge >= 0.3 is 0 Å². The number of hydrogen-bond acceptors (Lipinski definition) is 4. The molecular weight excluding hydrogens is 322 g/mol. The van der Waals surface area contributed by atoms with E-state index in [0.29, 0.717) is 16.3 Å². The molecule has 0 saturated heterocycles. The van der Waals surface area contributed by atoms with E-state index in [1.807, 2.05) is 12.1 Å². The second-order valence-corrected chi connectivity index (χ2v) is 8.08. The molecule has 0 atom stereocenters. The molecule has 3 saturated carbocycles. The minimum atomic E-state index is 0.123. The minimum Gasteiger partial charge on any atom is -0.481 e. The van der Waals surface area contributed by atoms with Crippen LogP contribution in [0, 0.1) is 5.41 Å². The highest BCUT2D eigenvalue weighted by atomic mass is 35.5. The largest absolute Gasteiger partial charge is 0.481 e. The predicted octanol–water partition coefficient (Wildman–Crippen LogP) is 4.28. The van der Waals surface area contributed by atoms with Crippen LogP contribution in [0.5, 0.6) is 5.88 Å². The Labute approximate surface area is 147 Å². The number of nitrogens with two attached hydrogens (primary N) is 1. The topological polar surface area (TPSA) is 61.0 Å². The van der Waals surface area contributed by atoms with Gasteiger partial charge in [0.05, 0.1) is 23.2 Å². The van der Waals surface area contributed by atoms with Crippen LogP contribution in [0.3, 0.4) is 0 Å². The predicted molar refractivity (Wildman–Crippen MR) is 96.5 cm³/mol. The van der Waals surface area contributed by atoms with Gasteiger partial charge in [0.1, 0.15) is 0 Å². The molecule has 2 aromatic rings. The maximum Gasteiger partial charge on any atom is 0.213 e. The van der Waals surface area contributed by atoms with Gasteiger partial charge in [-0.05, 0) is 62.8 Å². The van der Waals surface area contributed by atoms with Gasteiger partial charge in [0.15, 0.2) is 0 Å². The highest BCUT2D eigenvalue weighted by Crippen LogP contribution is 2.53. The van der Waals surface area contributed by atoms with Crippen LogP contribution in [-0.4, -0.2) is 22.6 Å². The van der Waals surface area contributed by atoms with Gasteiger partial charge in [-0.15, -0.1) is 0 Å². The molecule has 2 aromatic heterocycles. The molecule has 24 heavy (non-hydrogen) atoms. The van der Waals surface area contributed by atoms with E-state index in [-0.39, 0.29) is 5.54 Å². The third kappa shape index (κ3) is 2.76. The van der Waals surface area contributed by atoms with E-state index in [9.17, 15) is 0 Å². The van der Waals surface area contributed by atoms with Crippen molar-refractivity contribution >= 4 is 22.6 Å². The smallest absolute Gasteiger partial charge is 0.213 e. The van der Waals surface area contributed by atoms with Gasteiger partial charge in [-0.1, -0.05) is 11.6 Å². The summed E-state index contributed by atoms with van der Waals surface area (Å²) in [7, 11) is 1.63. The number of hydrogen-bond donors (Lipinski definition) is 1. The fourth-order valence-electron chi connectivity index (χ4n) is 4.49. The lowest BCUT2D eigenvalue weighted by Crippen LogP contribution is -2.51. The zero-order chi connectivity index (χ0) is 16.8. The van der Waals surface area contributed by atoms with Crippen LogP contribution in [0.1, 0.15) is 50.5 Å². The first-order chi connectivity index (χ1) is 11.5. The maximum absolute atomic E-state index is 6.47. The van der Waals surface area contributed by atoms with E-state index in [4.69, 9.17) is 22.1 Å². The van der Waals surface area contributed by atoms with Crippen molar-refractivity contribution in [1.82, 2.24) is 9.97 Å². The zero-order valence-electron chi connectivity index (χ0n) is 14.1. The van der Waals surface area contributed by atoms with Crippen molar-refractivity contribution in [2.45, 2.75) is 56.9 Å². The number of nitrogens with zero attached hydrogens (tertiary/aromatic N) is 2. The summed E-state index contributed by atoms with van der Waals surface area (Å²) in [6.07, 6.45) is 11.1. The minimum absolute atomic E-state index is 0.123. The number of aryl methyl sites for hydroxylation is 1. The van der Waals surface area contributed by atoms with Crippen LogP contribution < -0.4 is 10.5 Å². The lowest BCUT2D eigenvalue weighted by atomic mass is 9.56. The van der Waals surface area contributed by atoms with Crippen molar-refractivity contribution in [1.29, 1.82) is 0 Å². The van der Waals surface area contributed by atoms with E-state index in [0.717, 1.165) is 29.4 Å². The first-order valence-corrected chi connectivity index (χ1v) is 9.17. The fourth-order valence-corrected chi connectivity index (χ4v) is 4.72. The van der Waals surface area contributed by atoms with Gasteiger partial charge in [0.25, 0.3) is 0 Å². The molecule has 0 amide bonds. The lowest BCUT2D eigenvalue weighted by Gasteiger charge is -2.52. The molecule has 2 N–H and O–H groups in total. The van der Waals surface area contributed by atoms with E-state index < -0.39 is 0 Å². The molecule has 3 aliphatic rings. The molecule has 0 unspecified atom stereocenters. The maximum atomic E-state index is 6.47. The lowest BCUT2D eigenvalue weighted by molar-refractivity contribution is 0.0377. The number of methoxy groups -OCH3 is 1. The van der Waals surface area contributed by atoms with E-state index >= 15 is 0 Å². The quantitative estimate of drug-likeness (QED) is 0.898. The van der Waals surface area contributed by atoms with Gasteiger partial charge in [-0.2, -0.15) is 0 Å². The summed E-state index contributed by atoms with van der Waals surface area (Å²) < 4.78 is 5.27. The van der Waals surface area contributed by atoms with Crippen molar-refractivity contribution in [3.63, 3.8) is 0 Å². The van der Waals surface area contributed by atoms with Gasteiger partial charge < -0.3 is 10.5 Å². The summed E-state index contributed by atoms with van der Waals surface area (Å²) >= 11 is 6.47. The Morgan fingerprint density at radius 1 is 1.17 bits per heavy atom. The summed E-state index contributed by atoms with van der Waals surface area (Å²) in [5, 5.41) is 0.708. The Balaban J connectivity index is 1.61. The number of pyridine rings is 2. The second kappa shape index (κ2) is 5.85. The van der Waals surface area contributed by atoms with Crippen molar-refractivity contribution < 1.29 is 4.74 Å². The number of aromatic nitrogens is 2. The van der Waals surface area contributed by atoms with Gasteiger partial charge in [-0.25, -0.2) is 4.98 Å². The Hall–Kier alpha value is -1.39. The van der Waals surface area contributed by atoms with Gasteiger partial charge in [0.2, 0.25) is 5.88 Å². The Kier molecular flexibility index (Phi) is 3.92. The van der Waals surface area contributed by atoms with E-state index in [2.05, 4.69) is 9.97 Å². The number of halogens is 1. The van der Waals surface area contributed by atoms with Gasteiger partial charge in [0, 0.05) is 23.4 Å². The summed E-state index contributed by atoms with van der Waals surface area (Å²) in [6, 6.07) is 3.79. The standard InChI is InChI=1S/C19H24ClN3O/c1-24-16-3-2-15-17(23-16)13(14(20)12-22-15)4-5-18-6-9-19(21,10-7-18)11-8-18/h2-3,12H,4-11,21H2,1H3. The van der Waals surface area contributed by atoms with E-state index in [1.54, 1.807) is 13.3 Å². The third-order valence-electron chi connectivity index (χ3n) is 6.31. The van der Waals surface area contributed by atoms with Crippen LogP contribution in [0.15, 0.2) is 18.3 Å². The summed E-state index contributed by atoms with van der Waals surface area (Å²) in [5.74, 6) is 0.606. The number of rotatable bonds is 4. The zero-order valence-corrected chi connectivity index (χ0v) is 14.9. The van der Waals surface area contributed by atoms with Crippen LogP contribution in [0.2, 0.25) is 5.02 Å². The van der Waals surface area contributed by atoms with Crippen LogP contribution in [0.4, 0.5) is 0 Å². The van der Waals surface area contributed by atoms with E-state index in [1.165, 1.54) is 38.5 Å². The summed E-state index contributed by atoms with van der Waals surface area (Å²) in [5.41, 5.74) is 9.86. The molecule has 0 aliphatic heterocycles. The van der Waals surface area contributed by atoms with Crippen LogP contribution >= 0.6 is 11.6 Å². The Morgan fingerprint density at radius 2 is 1.88 bits per heavy atom. The molecule has 0 aromatic carbocycles. The highest BCUT2D eigenvalue weighted by molar-refractivity contribution is 6.32. The van der Waals surface area contributed by atoms with Crippen molar-refractivity contribution in [3.8, 4) is 5.88 Å². The highest BCUT2D eigenvalue weighted by Gasteiger charge is 2.46. The summed E-state index contributed by atoms with van der Waals surface area (Å²) in [4.78, 5) is 9.00. The average Bonchev–Trinajstić information content (AvgIpc) is 2.62. The third-order valence-corrected chi connectivity index (χ3v) is 6.64. The SMILES string of the molecule is COc1ccc2ncc(Cl)c(CCC34CCC(N)(CC3)CC4)c2n1. The van der Waals surface area contributed by atoms with Gasteiger partial charge in [-0.3, -0.25) is 4.98 Å². The average molecular weight is 346 g/mol. The molecular formula is C19H24ClN3O. The second-order valence-electron chi connectivity index (χ2n) is 7.67. The molecule has 3 fully saturated rings. The Morgan fingerprint density at radius 3 is 2.54 bits per heavy atom. The van der Waals surface area contributed by atoms with Crippen molar-refractivity contribution in [3.05, 3.63) is 28.9 Å². The molecule has 5 heteroatoms. The van der Waals surface area contributed by atoms with Crippen molar-refractivity contribution in [2.75, 3.05) is 7.11 Å². The molecule has 128 valence electrons. The molecule has 2 bridgehead atoms. The van der Waals surface area contributed by atoms with Crippen molar-refractivity contribution in [2.24, 2.45) is 11.1 Å². The normalized spacial score (nSPS) is 29.1. The molecule has 2 heterocycles. The molecule has 3 aliphatic carbocycles. The molecule has 4 nitrogen and oxygen atoms in total. The molecule has 0 radical (unpaired) electrons. The first kappa shape index (κ1) is 16.1. The van der Waals surface area contributed by atoms with Crippen LogP contribution in [0.25, 0.3) is 11.0 Å². The first-order valence-electron chi connectivity index (χ1n) is 8.80. The molecule has 5 rings (SSSR count).